The Morgan fingerprint density at radius 2 is 2.04 bits per heavy atom. The number of amides is 1. The number of carbonyl (C=O) groups excluding carboxylic acids is 1. The van der Waals surface area contributed by atoms with Gasteiger partial charge in [0, 0.05) is 37.2 Å². The summed E-state index contributed by atoms with van der Waals surface area (Å²) in [5.41, 5.74) is 0.611. The van der Waals surface area contributed by atoms with E-state index in [1.807, 2.05) is 4.90 Å². The topological polar surface area (TPSA) is 73.1 Å². The van der Waals surface area contributed by atoms with Crippen LogP contribution in [0.5, 0.6) is 5.88 Å². The third-order valence-electron chi connectivity index (χ3n) is 5.23. The average Bonchev–Trinajstić information content (AvgIpc) is 3.14. The van der Waals surface area contributed by atoms with Gasteiger partial charge in [-0.2, -0.15) is 0 Å². The first-order valence-corrected chi connectivity index (χ1v) is 8.83. The molecular weight excluding hydrogens is 318 g/mol. The van der Waals surface area contributed by atoms with Crippen LogP contribution in [0, 0.1) is 0 Å². The number of aromatic nitrogens is 4. The number of rotatable bonds is 3. The van der Waals surface area contributed by atoms with Gasteiger partial charge in [-0.05, 0) is 18.9 Å². The molecular formula is C18H23N5O2. The first kappa shape index (κ1) is 16.1. The van der Waals surface area contributed by atoms with E-state index in [2.05, 4.69) is 33.6 Å². The minimum absolute atomic E-state index is 0.0486. The molecule has 2 bridgehead atoms. The highest BCUT2D eigenvalue weighted by Gasteiger charge is 2.41. The number of pyridine rings is 1. The second kappa shape index (κ2) is 6.13. The van der Waals surface area contributed by atoms with E-state index in [1.165, 1.54) is 0 Å². The van der Waals surface area contributed by atoms with Crippen LogP contribution in [0.1, 0.15) is 54.6 Å². The van der Waals surface area contributed by atoms with E-state index >= 15 is 0 Å². The zero-order valence-corrected chi connectivity index (χ0v) is 14.8. The molecule has 0 saturated carbocycles. The van der Waals surface area contributed by atoms with Crippen molar-refractivity contribution in [1.29, 1.82) is 0 Å². The van der Waals surface area contributed by atoms with Gasteiger partial charge >= 0.3 is 0 Å². The largest absolute Gasteiger partial charge is 0.481 e. The van der Waals surface area contributed by atoms with Crippen molar-refractivity contribution in [2.75, 3.05) is 7.11 Å². The zero-order chi connectivity index (χ0) is 17.6. The second-order valence-corrected chi connectivity index (χ2v) is 7.13. The van der Waals surface area contributed by atoms with Crippen molar-refractivity contribution in [3.05, 3.63) is 35.5 Å². The lowest BCUT2D eigenvalue weighted by Gasteiger charge is -2.28. The lowest BCUT2D eigenvalue weighted by atomic mass is 10.1. The van der Waals surface area contributed by atoms with Crippen molar-refractivity contribution in [3.63, 3.8) is 0 Å². The molecule has 0 unspecified atom stereocenters. The minimum Gasteiger partial charge on any atom is -0.481 e. The molecule has 1 amide bonds. The Kier molecular flexibility index (Phi) is 3.94. The highest BCUT2D eigenvalue weighted by Crippen LogP contribution is 2.33. The number of hydrogen-bond donors (Lipinski definition) is 0. The summed E-state index contributed by atoms with van der Waals surface area (Å²) in [6.45, 7) is 5.04. The maximum atomic E-state index is 13.1. The van der Waals surface area contributed by atoms with Gasteiger partial charge in [0.2, 0.25) is 5.88 Å². The molecule has 2 atom stereocenters. The molecule has 25 heavy (non-hydrogen) atoms. The molecule has 1 saturated heterocycles. The maximum absolute atomic E-state index is 13.1. The van der Waals surface area contributed by atoms with Crippen LogP contribution < -0.4 is 4.74 Å². The first-order valence-electron chi connectivity index (χ1n) is 8.83. The van der Waals surface area contributed by atoms with Crippen molar-refractivity contribution in [1.82, 2.24) is 24.6 Å². The molecule has 4 rings (SSSR count). The summed E-state index contributed by atoms with van der Waals surface area (Å²) < 4.78 is 7.31. The minimum atomic E-state index is 0.0486. The number of methoxy groups -OCH3 is 1. The van der Waals surface area contributed by atoms with Crippen LogP contribution in [0.25, 0.3) is 0 Å². The lowest BCUT2D eigenvalue weighted by molar-refractivity contribution is 0.0664. The molecule has 7 heteroatoms. The Morgan fingerprint density at radius 1 is 1.24 bits per heavy atom. The fraction of sp³-hybridized carbons (Fsp3) is 0.556. The Labute approximate surface area is 147 Å². The van der Waals surface area contributed by atoms with Gasteiger partial charge in [0.05, 0.1) is 18.7 Å². The molecule has 2 aliphatic rings. The Morgan fingerprint density at radius 3 is 2.72 bits per heavy atom. The van der Waals surface area contributed by atoms with Gasteiger partial charge in [0.25, 0.3) is 5.91 Å². The highest BCUT2D eigenvalue weighted by atomic mass is 16.5. The van der Waals surface area contributed by atoms with E-state index in [-0.39, 0.29) is 18.0 Å². The van der Waals surface area contributed by atoms with Gasteiger partial charge < -0.3 is 14.2 Å². The fourth-order valence-electron chi connectivity index (χ4n) is 4.00. The summed E-state index contributed by atoms with van der Waals surface area (Å²) in [5, 5.41) is 8.76. The van der Waals surface area contributed by atoms with Crippen LogP contribution >= 0.6 is 0 Å². The second-order valence-electron chi connectivity index (χ2n) is 7.13. The van der Waals surface area contributed by atoms with Gasteiger partial charge in [0.15, 0.2) is 0 Å². The standard InChI is InChI=1S/C18H23N5O2/c1-11(2)17-21-20-15-8-13-5-6-14(10-22(15)17)23(13)18(24)12-4-7-16(25-3)19-9-12/h4,7,9,11,13-14H,5-6,8,10H2,1-3H3/t13-,14+/m0/s1. The van der Waals surface area contributed by atoms with Crippen molar-refractivity contribution in [3.8, 4) is 5.88 Å². The Bertz CT molecular complexity index is 783. The molecule has 1 fully saturated rings. The molecule has 2 aliphatic heterocycles. The van der Waals surface area contributed by atoms with Crippen molar-refractivity contribution >= 4 is 5.91 Å². The summed E-state index contributed by atoms with van der Waals surface area (Å²) in [4.78, 5) is 19.3. The smallest absolute Gasteiger partial charge is 0.255 e. The van der Waals surface area contributed by atoms with E-state index in [9.17, 15) is 4.79 Å². The van der Waals surface area contributed by atoms with Crippen molar-refractivity contribution in [2.45, 2.75) is 57.7 Å². The highest BCUT2D eigenvalue weighted by molar-refractivity contribution is 5.94. The molecule has 0 spiro atoms. The Balaban J connectivity index is 1.63. The predicted molar refractivity (Wildman–Crippen MR) is 91.6 cm³/mol. The van der Waals surface area contributed by atoms with Crippen LogP contribution in [0.2, 0.25) is 0 Å². The third kappa shape index (κ3) is 2.67. The lowest BCUT2D eigenvalue weighted by Crippen LogP contribution is -2.42. The number of nitrogens with zero attached hydrogens (tertiary/aromatic N) is 5. The number of hydrogen-bond acceptors (Lipinski definition) is 5. The molecule has 4 heterocycles. The molecule has 0 aromatic carbocycles. The number of ether oxygens (including phenoxy) is 1. The van der Waals surface area contributed by atoms with Crippen molar-refractivity contribution in [2.24, 2.45) is 0 Å². The molecule has 0 aliphatic carbocycles. The SMILES string of the molecule is COc1ccc(C(=O)N2[C@@H]3CC[C@H]2Cc2nnc(C(C)C)n2C3)cn1. The van der Waals surface area contributed by atoms with Crippen LogP contribution in [0.15, 0.2) is 18.3 Å². The maximum Gasteiger partial charge on any atom is 0.255 e. The van der Waals surface area contributed by atoms with Gasteiger partial charge in [-0.3, -0.25) is 4.79 Å². The van der Waals surface area contributed by atoms with E-state index < -0.39 is 0 Å². The van der Waals surface area contributed by atoms with Crippen LogP contribution in [0.4, 0.5) is 0 Å². The summed E-state index contributed by atoms with van der Waals surface area (Å²) in [6.07, 6.45) is 4.41. The van der Waals surface area contributed by atoms with E-state index in [0.29, 0.717) is 17.4 Å². The van der Waals surface area contributed by atoms with Crippen molar-refractivity contribution < 1.29 is 9.53 Å². The van der Waals surface area contributed by atoms with Crippen LogP contribution in [-0.4, -0.2) is 49.7 Å². The quantitative estimate of drug-likeness (QED) is 0.854. The van der Waals surface area contributed by atoms with E-state index in [0.717, 1.165) is 37.5 Å². The summed E-state index contributed by atoms with van der Waals surface area (Å²) >= 11 is 0. The molecule has 2 aromatic heterocycles. The summed E-state index contributed by atoms with van der Waals surface area (Å²) in [6, 6.07) is 3.90. The number of fused-ring (bicyclic) bond motifs is 3. The zero-order valence-electron chi connectivity index (χ0n) is 14.8. The molecule has 0 N–H and O–H groups in total. The molecule has 2 aromatic rings. The third-order valence-corrected chi connectivity index (χ3v) is 5.23. The first-order chi connectivity index (χ1) is 12.1. The van der Waals surface area contributed by atoms with Gasteiger partial charge in [-0.25, -0.2) is 4.98 Å². The molecule has 0 radical (unpaired) electrons. The Hall–Kier alpha value is -2.44. The predicted octanol–water partition coefficient (Wildman–Crippen LogP) is 2.03. The van der Waals surface area contributed by atoms with E-state index in [4.69, 9.17) is 4.74 Å². The average molecular weight is 341 g/mol. The number of carbonyl (C=O) groups is 1. The molecule has 7 nitrogen and oxygen atoms in total. The van der Waals surface area contributed by atoms with E-state index in [1.54, 1.807) is 25.4 Å². The van der Waals surface area contributed by atoms with Crippen LogP contribution in [0.3, 0.4) is 0 Å². The molecule has 132 valence electrons. The van der Waals surface area contributed by atoms with Gasteiger partial charge in [0.1, 0.15) is 11.6 Å². The summed E-state index contributed by atoms with van der Waals surface area (Å²) in [5.74, 6) is 2.91. The summed E-state index contributed by atoms with van der Waals surface area (Å²) in [7, 11) is 1.57. The van der Waals surface area contributed by atoms with Gasteiger partial charge in [-0.1, -0.05) is 13.8 Å². The van der Waals surface area contributed by atoms with Gasteiger partial charge in [-0.15, -0.1) is 10.2 Å². The van der Waals surface area contributed by atoms with Crippen LogP contribution in [-0.2, 0) is 13.0 Å². The monoisotopic (exact) mass is 341 g/mol. The fourth-order valence-corrected chi connectivity index (χ4v) is 4.00. The normalized spacial score (nSPS) is 22.0.